The van der Waals surface area contributed by atoms with E-state index >= 15 is 0 Å². The second kappa shape index (κ2) is 4.58. The van der Waals surface area contributed by atoms with Crippen molar-refractivity contribution in [2.45, 2.75) is 0 Å². The second-order valence-corrected chi connectivity index (χ2v) is 1.85. The number of rotatable bonds is 1. The Bertz CT molecular complexity index is 181. The molecule has 1 aromatic rings. The van der Waals surface area contributed by atoms with Crippen LogP contribution in [0.3, 0.4) is 0 Å². The van der Waals surface area contributed by atoms with Gasteiger partial charge in [0.25, 0.3) is 0 Å². The van der Waals surface area contributed by atoms with Crippen molar-refractivity contribution in [3.63, 3.8) is 0 Å². The Kier molecular flexibility index (Phi) is 4.48. The fraction of sp³-hybridized carbons (Fsp3) is 0.125. The van der Waals surface area contributed by atoms with Gasteiger partial charge >= 0.3 is 23.1 Å². The van der Waals surface area contributed by atoms with Crippen molar-refractivity contribution in [2.75, 3.05) is 7.11 Å². The Morgan fingerprint density at radius 1 is 1.20 bits per heavy atom. The molecular formula is C8H11MgO. The van der Waals surface area contributed by atoms with E-state index in [-0.39, 0.29) is 23.1 Å². The van der Waals surface area contributed by atoms with Crippen LogP contribution in [0.15, 0.2) is 24.3 Å². The molecule has 0 aliphatic carbocycles. The van der Waals surface area contributed by atoms with E-state index in [1.165, 1.54) is 0 Å². The van der Waals surface area contributed by atoms with Crippen molar-refractivity contribution in [2.24, 2.45) is 0 Å². The van der Waals surface area contributed by atoms with Gasteiger partial charge < -0.3 is 4.74 Å². The van der Waals surface area contributed by atoms with Crippen molar-refractivity contribution in [1.29, 1.82) is 0 Å². The highest BCUT2D eigenvalue weighted by Gasteiger charge is 1.85. The Hall–Kier alpha value is -0.214. The summed E-state index contributed by atoms with van der Waals surface area (Å²) in [6, 6.07) is 7.61. The van der Waals surface area contributed by atoms with E-state index < -0.39 is 0 Å². The third-order valence-electron chi connectivity index (χ3n) is 1.16. The van der Waals surface area contributed by atoms with Gasteiger partial charge in [-0.1, -0.05) is 12.1 Å². The molecule has 0 aliphatic heterocycles. The quantitative estimate of drug-likeness (QED) is 0.538. The Morgan fingerprint density at radius 2 is 1.70 bits per heavy atom. The highest BCUT2D eigenvalue weighted by Crippen LogP contribution is 2.09. The van der Waals surface area contributed by atoms with E-state index in [4.69, 9.17) is 4.74 Å². The van der Waals surface area contributed by atoms with E-state index in [1.807, 2.05) is 24.3 Å². The van der Waals surface area contributed by atoms with Crippen LogP contribution in [0, 0.1) is 6.92 Å². The molecule has 0 heterocycles. The molecule has 51 valence electrons. The molecule has 0 fully saturated rings. The van der Waals surface area contributed by atoms with Crippen LogP contribution in [-0.4, -0.2) is 30.2 Å². The van der Waals surface area contributed by atoms with Gasteiger partial charge in [-0.2, -0.15) is 0 Å². The van der Waals surface area contributed by atoms with Gasteiger partial charge in [0, 0.05) is 0 Å². The molecule has 0 aromatic heterocycles. The summed E-state index contributed by atoms with van der Waals surface area (Å²) < 4.78 is 4.94. The van der Waals surface area contributed by atoms with E-state index in [0.29, 0.717) is 0 Å². The summed E-state index contributed by atoms with van der Waals surface area (Å²) in [5.74, 6) is 0.877. The molecule has 0 spiro atoms. The van der Waals surface area contributed by atoms with Gasteiger partial charge in [-0.25, -0.2) is 0 Å². The number of ether oxygens (including phenoxy) is 1. The first-order valence-corrected chi connectivity index (χ1v) is 2.79. The summed E-state index contributed by atoms with van der Waals surface area (Å²) in [6.45, 7) is 3.74. The Morgan fingerprint density at radius 3 is 2.10 bits per heavy atom. The average molecular weight is 147 g/mol. The van der Waals surface area contributed by atoms with Gasteiger partial charge in [0.15, 0.2) is 0 Å². The molecule has 1 aromatic carbocycles. The van der Waals surface area contributed by atoms with Crippen molar-refractivity contribution >= 4 is 23.1 Å². The van der Waals surface area contributed by atoms with Crippen LogP contribution in [0.5, 0.6) is 5.75 Å². The monoisotopic (exact) mass is 147 g/mol. The second-order valence-electron chi connectivity index (χ2n) is 1.85. The molecule has 0 N–H and O–H groups in total. The average Bonchev–Trinajstić information content (AvgIpc) is 1.90. The smallest absolute Gasteiger partial charge is 0.316 e. The highest BCUT2D eigenvalue weighted by molar-refractivity contribution is 5.75. The molecule has 0 atom stereocenters. The topological polar surface area (TPSA) is 9.23 Å². The van der Waals surface area contributed by atoms with E-state index in [0.717, 1.165) is 11.3 Å². The Balaban J connectivity index is 0.000000810. The van der Waals surface area contributed by atoms with Gasteiger partial charge in [0.2, 0.25) is 0 Å². The van der Waals surface area contributed by atoms with Crippen molar-refractivity contribution in [3.05, 3.63) is 36.8 Å². The molecule has 1 radical (unpaired) electrons. The highest BCUT2D eigenvalue weighted by atomic mass is 24.3. The van der Waals surface area contributed by atoms with Gasteiger partial charge in [-0.05, 0) is 24.6 Å². The molecule has 10 heavy (non-hydrogen) atoms. The fourth-order valence-electron chi connectivity index (χ4n) is 0.626. The third kappa shape index (κ3) is 2.58. The number of methoxy groups -OCH3 is 1. The van der Waals surface area contributed by atoms with Gasteiger partial charge in [-0.3, -0.25) is 0 Å². The number of hydrogen-bond acceptors (Lipinski definition) is 1. The maximum Gasteiger partial charge on any atom is 0.316 e. The minimum atomic E-state index is 0. The third-order valence-corrected chi connectivity index (χ3v) is 1.16. The summed E-state index contributed by atoms with van der Waals surface area (Å²) in [5, 5.41) is 0. The normalized spacial score (nSPS) is 8.20. The summed E-state index contributed by atoms with van der Waals surface area (Å²) >= 11 is 0. The zero-order valence-electron chi connectivity index (χ0n) is 5.42. The zero-order chi connectivity index (χ0) is 6.69. The minimum absolute atomic E-state index is 0. The molecule has 1 nitrogen and oxygen atoms in total. The number of hydrogen-bond donors (Lipinski definition) is 0. The van der Waals surface area contributed by atoms with Gasteiger partial charge in [-0.15, -0.1) is 0 Å². The van der Waals surface area contributed by atoms with Crippen molar-refractivity contribution in [1.82, 2.24) is 0 Å². The molecule has 0 aliphatic rings. The first-order chi connectivity index (χ1) is 4.33. The lowest BCUT2D eigenvalue weighted by atomic mass is 10.2. The SMILES string of the molecule is [CH2]c1ccc(OC)cc1.[MgH2]. The van der Waals surface area contributed by atoms with E-state index in [2.05, 4.69) is 6.92 Å². The Labute approximate surface area is 77.5 Å². The minimum Gasteiger partial charge on any atom is -0.497 e. The first-order valence-electron chi connectivity index (χ1n) is 2.79. The first kappa shape index (κ1) is 9.79. The van der Waals surface area contributed by atoms with Crippen LogP contribution < -0.4 is 4.74 Å². The van der Waals surface area contributed by atoms with Crippen molar-refractivity contribution in [3.8, 4) is 5.75 Å². The van der Waals surface area contributed by atoms with Crippen LogP contribution >= 0.6 is 0 Å². The summed E-state index contributed by atoms with van der Waals surface area (Å²) in [7, 11) is 1.65. The summed E-state index contributed by atoms with van der Waals surface area (Å²) in [5.41, 5.74) is 1.01. The molecular weight excluding hydrogens is 136 g/mol. The van der Waals surface area contributed by atoms with Gasteiger partial charge in [0.1, 0.15) is 5.75 Å². The summed E-state index contributed by atoms with van der Waals surface area (Å²) in [4.78, 5) is 0. The molecule has 0 bridgehead atoms. The molecule has 0 saturated heterocycles. The maximum absolute atomic E-state index is 4.94. The predicted molar refractivity (Wildman–Crippen MR) is 46.0 cm³/mol. The molecule has 0 unspecified atom stereocenters. The summed E-state index contributed by atoms with van der Waals surface area (Å²) in [6.07, 6.45) is 0. The standard InChI is InChI=1S/C8H9O.Mg.2H/c1-7-3-5-8(9-2)6-4-7;;;/h3-6H,1H2,2H3;;;. The van der Waals surface area contributed by atoms with Crippen LogP contribution in [0.25, 0.3) is 0 Å². The lowest BCUT2D eigenvalue weighted by molar-refractivity contribution is 0.415. The molecule has 2 heteroatoms. The van der Waals surface area contributed by atoms with Crippen LogP contribution in [0.4, 0.5) is 0 Å². The van der Waals surface area contributed by atoms with Crippen LogP contribution in [0.1, 0.15) is 5.56 Å². The lowest BCUT2D eigenvalue weighted by Crippen LogP contribution is -1.80. The van der Waals surface area contributed by atoms with E-state index in [9.17, 15) is 0 Å². The predicted octanol–water partition coefficient (Wildman–Crippen LogP) is 0.961. The van der Waals surface area contributed by atoms with E-state index in [1.54, 1.807) is 7.11 Å². The largest absolute Gasteiger partial charge is 0.497 e. The fourth-order valence-corrected chi connectivity index (χ4v) is 0.626. The molecule has 0 saturated carbocycles. The molecule has 1 rings (SSSR count). The maximum atomic E-state index is 4.94. The lowest BCUT2D eigenvalue weighted by Gasteiger charge is -1.97. The van der Waals surface area contributed by atoms with Crippen LogP contribution in [-0.2, 0) is 0 Å². The zero-order valence-corrected chi connectivity index (χ0v) is 5.42. The van der Waals surface area contributed by atoms with Crippen molar-refractivity contribution < 1.29 is 4.74 Å². The van der Waals surface area contributed by atoms with Crippen LogP contribution in [0.2, 0.25) is 0 Å². The number of benzene rings is 1. The molecule has 0 amide bonds. The van der Waals surface area contributed by atoms with Gasteiger partial charge in [0.05, 0.1) is 7.11 Å².